The number of nitrogens with one attached hydrogen (secondary N) is 3. The van der Waals surface area contributed by atoms with Gasteiger partial charge in [0.1, 0.15) is 17.4 Å². The SMILES string of the molecule is CCOC(=O)CCNC(=O)c1ccc(N[C@@H](Cc2ccccc2)C(=O)Nc2ccc(-c3cc4ccccc4o3)cc2)cc1. The van der Waals surface area contributed by atoms with E-state index in [0.29, 0.717) is 30.0 Å². The number of esters is 1. The number of carbonyl (C=O) groups excluding carboxylic acids is 3. The van der Waals surface area contributed by atoms with Crippen molar-refractivity contribution in [3.63, 3.8) is 0 Å². The first-order chi connectivity index (χ1) is 21.0. The summed E-state index contributed by atoms with van der Waals surface area (Å²) in [6.45, 7) is 2.23. The molecule has 4 aromatic carbocycles. The summed E-state index contributed by atoms with van der Waals surface area (Å²) in [6, 6.07) is 33.5. The summed E-state index contributed by atoms with van der Waals surface area (Å²) >= 11 is 0. The van der Waals surface area contributed by atoms with Crippen LogP contribution < -0.4 is 16.0 Å². The number of hydrogen-bond donors (Lipinski definition) is 3. The lowest BCUT2D eigenvalue weighted by Crippen LogP contribution is -2.36. The maximum atomic E-state index is 13.5. The van der Waals surface area contributed by atoms with Crippen LogP contribution in [0.5, 0.6) is 0 Å². The van der Waals surface area contributed by atoms with Crippen LogP contribution in [-0.2, 0) is 20.7 Å². The molecule has 0 aliphatic heterocycles. The zero-order valence-corrected chi connectivity index (χ0v) is 23.8. The van der Waals surface area contributed by atoms with Gasteiger partial charge in [0, 0.05) is 40.9 Å². The summed E-state index contributed by atoms with van der Waals surface area (Å²) in [5.41, 5.74) is 4.56. The Labute approximate surface area is 250 Å². The second-order valence-electron chi connectivity index (χ2n) is 9.99. The van der Waals surface area contributed by atoms with Gasteiger partial charge in [0.25, 0.3) is 5.91 Å². The van der Waals surface area contributed by atoms with Gasteiger partial charge in [-0.3, -0.25) is 14.4 Å². The Morgan fingerprint density at radius 1 is 0.814 bits per heavy atom. The molecule has 1 heterocycles. The van der Waals surface area contributed by atoms with E-state index in [4.69, 9.17) is 9.15 Å². The molecule has 43 heavy (non-hydrogen) atoms. The second kappa shape index (κ2) is 14.0. The fraction of sp³-hybridized carbons (Fsp3) is 0.171. The second-order valence-corrected chi connectivity index (χ2v) is 9.99. The average molecular weight is 576 g/mol. The third-order valence-corrected chi connectivity index (χ3v) is 6.87. The van der Waals surface area contributed by atoms with Crippen molar-refractivity contribution in [3.8, 4) is 11.3 Å². The van der Waals surface area contributed by atoms with E-state index in [9.17, 15) is 14.4 Å². The van der Waals surface area contributed by atoms with Crippen LogP contribution in [0.1, 0.15) is 29.3 Å². The van der Waals surface area contributed by atoms with E-state index in [1.807, 2.05) is 84.9 Å². The van der Waals surface area contributed by atoms with Crippen molar-refractivity contribution in [1.29, 1.82) is 0 Å². The predicted molar refractivity (Wildman–Crippen MR) is 168 cm³/mol. The number of fused-ring (bicyclic) bond motifs is 1. The summed E-state index contributed by atoms with van der Waals surface area (Å²) in [5.74, 6) is -0.0762. The number of rotatable bonds is 12. The number of benzene rings is 4. The molecule has 0 aliphatic carbocycles. The van der Waals surface area contributed by atoms with Crippen LogP contribution in [0.25, 0.3) is 22.3 Å². The lowest BCUT2D eigenvalue weighted by atomic mass is 10.0. The maximum Gasteiger partial charge on any atom is 0.307 e. The molecule has 0 unspecified atom stereocenters. The quantitative estimate of drug-likeness (QED) is 0.148. The number of anilines is 2. The van der Waals surface area contributed by atoms with Gasteiger partial charge in [-0.1, -0.05) is 48.5 Å². The Morgan fingerprint density at radius 2 is 1.51 bits per heavy atom. The van der Waals surface area contributed by atoms with Crippen molar-refractivity contribution in [2.75, 3.05) is 23.8 Å². The van der Waals surface area contributed by atoms with E-state index in [-0.39, 0.29) is 30.7 Å². The molecule has 0 aliphatic rings. The number of para-hydroxylation sites is 1. The minimum Gasteiger partial charge on any atom is -0.466 e. The van der Waals surface area contributed by atoms with Crippen molar-refractivity contribution in [1.82, 2.24) is 5.32 Å². The molecule has 5 rings (SSSR count). The molecule has 1 aromatic heterocycles. The topological polar surface area (TPSA) is 110 Å². The van der Waals surface area contributed by atoms with E-state index < -0.39 is 6.04 Å². The molecule has 5 aromatic rings. The lowest BCUT2D eigenvalue weighted by Gasteiger charge is -2.20. The van der Waals surface area contributed by atoms with Gasteiger partial charge in [-0.05, 0) is 73.2 Å². The fourth-order valence-corrected chi connectivity index (χ4v) is 4.66. The normalized spacial score (nSPS) is 11.5. The standard InChI is InChI=1S/C35H33N3O5/c1-2-42-33(39)20-21-36-34(40)26-14-18-28(19-15-26)37-30(22-24-8-4-3-5-9-24)35(41)38-29-16-12-25(13-17-29)32-23-27-10-6-7-11-31(27)43-32/h3-19,23,30,37H,2,20-22H2,1H3,(H,36,40)(H,38,41)/t30-/m0/s1. The Bertz CT molecular complexity index is 1650. The Morgan fingerprint density at radius 3 is 2.23 bits per heavy atom. The highest BCUT2D eigenvalue weighted by molar-refractivity contribution is 5.97. The highest BCUT2D eigenvalue weighted by atomic mass is 16.5. The van der Waals surface area contributed by atoms with Gasteiger partial charge in [-0.15, -0.1) is 0 Å². The van der Waals surface area contributed by atoms with Gasteiger partial charge in [0.2, 0.25) is 5.91 Å². The number of ether oxygens (including phenoxy) is 1. The molecule has 0 saturated carbocycles. The third kappa shape index (κ3) is 7.89. The Kier molecular flexibility index (Phi) is 9.49. The van der Waals surface area contributed by atoms with Crippen LogP contribution in [-0.4, -0.2) is 37.0 Å². The molecule has 1 atom stereocenters. The molecule has 2 amide bonds. The van der Waals surface area contributed by atoms with Crippen molar-refractivity contribution in [2.45, 2.75) is 25.8 Å². The van der Waals surface area contributed by atoms with E-state index >= 15 is 0 Å². The molecule has 8 heteroatoms. The van der Waals surface area contributed by atoms with E-state index in [1.54, 1.807) is 31.2 Å². The first-order valence-electron chi connectivity index (χ1n) is 14.2. The van der Waals surface area contributed by atoms with Gasteiger partial charge in [-0.2, -0.15) is 0 Å². The Balaban J connectivity index is 1.24. The van der Waals surface area contributed by atoms with Crippen LogP contribution in [0, 0.1) is 0 Å². The average Bonchev–Trinajstić information content (AvgIpc) is 3.46. The monoisotopic (exact) mass is 575 g/mol. The largest absolute Gasteiger partial charge is 0.466 e. The highest BCUT2D eigenvalue weighted by Gasteiger charge is 2.20. The molecule has 0 radical (unpaired) electrons. The lowest BCUT2D eigenvalue weighted by molar-refractivity contribution is -0.142. The first-order valence-corrected chi connectivity index (χ1v) is 14.2. The molecule has 0 spiro atoms. The molecule has 0 bridgehead atoms. The number of furan rings is 1. The molecule has 0 fully saturated rings. The predicted octanol–water partition coefficient (Wildman–Crippen LogP) is 6.44. The number of amides is 2. The van der Waals surface area contributed by atoms with Gasteiger partial charge in [0.15, 0.2) is 0 Å². The third-order valence-electron chi connectivity index (χ3n) is 6.87. The maximum absolute atomic E-state index is 13.5. The molecule has 218 valence electrons. The van der Waals surface area contributed by atoms with Crippen molar-refractivity contribution in [2.24, 2.45) is 0 Å². The summed E-state index contributed by atoms with van der Waals surface area (Å²) in [6.07, 6.45) is 0.567. The molecule has 8 nitrogen and oxygen atoms in total. The van der Waals surface area contributed by atoms with Crippen molar-refractivity contribution < 1.29 is 23.5 Å². The van der Waals surface area contributed by atoms with Gasteiger partial charge >= 0.3 is 5.97 Å². The zero-order valence-electron chi connectivity index (χ0n) is 23.8. The van der Waals surface area contributed by atoms with E-state index in [2.05, 4.69) is 16.0 Å². The van der Waals surface area contributed by atoms with Gasteiger partial charge < -0.3 is 25.1 Å². The highest BCUT2D eigenvalue weighted by Crippen LogP contribution is 2.28. The van der Waals surface area contributed by atoms with Gasteiger partial charge in [-0.25, -0.2) is 0 Å². The smallest absolute Gasteiger partial charge is 0.307 e. The summed E-state index contributed by atoms with van der Waals surface area (Å²) < 4.78 is 10.8. The molecular weight excluding hydrogens is 542 g/mol. The van der Waals surface area contributed by atoms with Crippen LogP contribution in [0.4, 0.5) is 11.4 Å². The molecular formula is C35H33N3O5. The number of hydrogen-bond acceptors (Lipinski definition) is 6. The van der Waals surface area contributed by atoms with Crippen LogP contribution in [0.2, 0.25) is 0 Å². The Hall–Kier alpha value is -5.37. The minimum absolute atomic E-state index is 0.109. The van der Waals surface area contributed by atoms with E-state index in [0.717, 1.165) is 27.9 Å². The molecule has 0 saturated heterocycles. The summed E-state index contributed by atoms with van der Waals surface area (Å²) in [4.78, 5) is 37.5. The van der Waals surface area contributed by atoms with Crippen LogP contribution in [0.3, 0.4) is 0 Å². The van der Waals surface area contributed by atoms with Gasteiger partial charge in [0.05, 0.1) is 13.0 Å². The fourth-order valence-electron chi connectivity index (χ4n) is 4.66. The van der Waals surface area contributed by atoms with Crippen LogP contribution >= 0.6 is 0 Å². The first kappa shape index (κ1) is 29.1. The summed E-state index contributed by atoms with van der Waals surface area (Å²) in [5, 5.41) is 10.1. The molecule has 3 N–H and O–H groups in total. The summed E-state index contributed by atoms with van der Waals surface area (Å²) in [7, 11) is 0. The zero-order chi connectivity index (χ0) is 30.0. The van der Waals surface area contributed by atoms with Crippen molar-refractivity contribution >= 4 is 40.1 Å². The van der Waals surface area contributed by atoms with E-state index in [1.165, 1.54) is 0 Å². The van der Waals surface area contributed by atoms with Crippen molar-refractivity contribution in [3.05, 3.63) is 120 Å². The van der Waals surface area contributed by atoms with Crippen LogP contribution in [0.15, 0.2) is 114 Å². The number of carbonyl (C=O) groups is 3. The minimum atomic E-state index is -0.582.